The maximum Gasteiger partial charge on any atom is 0.416 e. The molecule has 5 rings (SSSR count). The molecule has 0 bridgehead atoms. The molecule has 2 saturated heterocycles. The summed E-state index contributed by atoms with van der Waals surface area (Å²) in [6, 6.07) is 12.5. The normalized spacial score (nSPS) is 16.1. The average Bonchev–Trinajstić information content (AvgIpc) is 3.19. The van der Waals surface area contributed by atoms with Crippen LogP contribution in [-0.4, -0.2) is 103 Å². The zero-order chi connectivity index (χ0) is 41.3. The Bertz CT molecular complexity index is 1940. The molecule has 0 aromatic heterocycles. The molecule has 0 spiro atoms. The monoisotopic (exact) mass is 849 g/mol. The summed E-state index contributed by atoms with van der Waals surface area (Å²) < 4.78 is 44.6. The number of alkyl halides is 3. The minimum atomic E-state index is -4.57. The topological polar surface area (TPSA) is 134 Å². The van der Waals surface area contributed by atoms with Crippen LogP contribution in [-0.2, 0) is 15.8 Å². The molecule has 306 valence electrons. The number of hydrogen-bond acceptors (Lipinski definition) is 10. The van der Waals surface area contributed by atoms with E-state index in [0.29, 0.717) is 46.9 Å². The van der Waals surface area contributed by atoms with Gasteiger partial charge in [-0.2, -0.15) is 13.2 Å². The highest BCUT2D eigenvalue weighted by Crippen LogP contribution is 2.35. The highest BCUT2D eigenvalue weighted by molar-refractivity contribution is 7.98. The first-order chi connectivity index (χ1) is 27.2. The second-order valence-electron chi connectivity index (χ2n) is 14.1. The molecule has 18 heteroatoms. The van der Waals surface area contributed by atoms with Crippen molar-refractivity contribution >= 4 is 82.8 Å². The lowest BCUT2D eigenvalue weighted by Crippen LogP contribution is -2.47. The van der Waals surface area contributed by atoms with Crippen molar-refractivity contribution in [3.8, 4) is 0 Å². The lowest BCUT2D eigenvalue weighted by Gasteiger charge is -2.39. The maximum atomic E-state index is 13.5. The maximum absolute atomic E-state index is 13.5. The Labute approximate surface area is 343 Å². The number of nitrogens with one attached hydrogen (secondary N) is 3. The zero-order valence-electron chi connectivity index (χ0n) is 31.4. The third kappa shape index (κ3) is 11.9. The summed E-state index contributed by atoms with van der Waals surface area (Å²) in [5, 5.41) is 4.75. The molecule has 1 atom stereocenters. The standard InChI is InChI=1S/C39H44Cl2F3N7O5S/c1-25(3-10-36(54)45-24-53)48(2)38(56)31-21-30(7-4-27(31)23-52)50-13-11-26(12-14-50)22-49-15-17-51(18-16-49)57-47-34-9-6-29(40)20-32(34)37(55)46-35-8-5-28(19-33(35)41)39(42,43)44/h4-9,19-21,23-26,47H,3,10-18,22H2,1-2H3,(H,46,55)(H,45,53,54). The van der Waals surface area contributed by atoms with E-state index in [-0.39, 0.29) is 34.6 Å². The van der Waals surface area contributed by atoms with Crippen molar-refractivity contribution in [3.05, 3.63) is 86.9 Å². The molecule has 3 N–H and O–H groups in total. The van der Waals surface area contributed by atoms with Crippen molar-refractivity contribution in [1.29, 1.82) is 0 Å². The van der Waals surface area contributed by atoms with Gasteiger partial charge in [-0.1, -0.05) is 23.2 Å². The molecule has 0 radical (unpaired) electrons. The van der Waals surface area contributed by atoms with E-state index < -0.39 is 23.6 Å². The number of halogens is 5. The molecule has 3 aromatic carbocycles. The highest BCUT2D eigenvalue weighted by atomic mass is 35.5. The molecular weight excluding hydrogens is 806 g/mol. The van der Waals surface area contributed by atoms with Gasteiger partial charge in [-0.05, 0) is 86.7 Å². The number of hydrogen-bond donors (Lipinski definition) is 3. The minimum absolute atomic E-state index is 0.0395. The van der Waals surface area contributed by atoms with Crippen molar-refractivity contribution in [2.75, 3.05) is 67.8 Å². The van der Waals surface area contributed by atoms with Gasteiger partial charge in [0.2, 0.25) is 12.3 Å². The molecule has 1 unspecified atom stereocenters. The fraction of sp³-hybridized carbons (Fsp3) is 0.410. The number of carbonyl (C=O) groups excluding carboxylic acids is 5. The van der Waals surface area contributed by atoms with E-state index in [1.807, 2.05) is 13.0 Å². The van der Waals surface area contributed by atoms with Gasteiger partial charge in [0.15, 0.2) is 6.29 Å². The highest BCUT2D eigenvalue weighted by Gasteiger charge is 2.31. The fourth-order valence-corrected chi connectivity index (χ4v) is 7.87. The van der Waals surface area contributed by atoms with Gasteiger partial charge in [0, 0.05) is 93.7 Å². The molecule has 2 aliphatic rings. The van der Waals surface area contributed by atoms with Gasteiger partial charge in [-0.25, -0.2) is 4.31 Å². The van der Waals surface area contributed by atoms with E-state index in [2.05, 4.69) is 29.5 Å². The van der Waals surface area contributed by atoms with Gasteiger partial charge in [0.05, 0.1) is 33.1 Å². The first-order valence-corrected chi connectivity index (χ1v) is 19.9. The number of imide groups is 1. The van der Waals surface area contributed by atoms with Gasteiger partial charge in [0.25, 0.3) is 11.8 Å². The molecule has 3 aromatic rings. The SMILES string of the molecule is CC(CCC(=O)NC=O)N(C)C(=O)c1cc(N2CCC(CN3CCN(SNc4ccc(Cl)cc4C(=O)Nc4ccc(C(F)(F)F)cc4Cl)CC3)CC2)ccc1C=O. The Kier molecular flexibility index (Phi) is 15.3. The summed E-state index contributed by atoms with van der Waals surface area (Å²) in [4.78, 5) is 67.0. The third-order valence-electron chi connectivity index (χ3n) is 10.3. The van der Waals surface area contributed by atoms with Gasteiger partial charge in [0.1, 0.15) is 0 Å². The average molecular weight is 851 g/mol. The van der Waals surface area contributed by atoms with Crippen LogP contribution in [0.1, 0.15) is 69.2 Å². The van der Waals surface area contributed by atoms with Crippen LogP contribution >= 0.6 is 35.3 Å². The van der Waals surface area contributed by atoms with Crippen LogP contribution in [0.5, 0.6) is 0 Å². The summed E-state index contributed by atoms with van der Waals surface area (Å²) in [7, 11) is 1.64. The van der Waals surface area contributed by atoms with Crippen LogP contribution in [0.4, 0.5) is 30.2 Å². The molecule has 0 saturated carbocycles. The Balaban J connectivity index is 1.08. The van der Waals surface area contributed by atoms with Crippen LogP contribution in [0.3, 0.4) is 0 Å². The van der Waals surface area contributed by atoms with Gasteiger partial charge < -0.3 is 24.7 Å². The number of rotatable bonds is 15. The smallest absolute Gasteiger partial charge is 0.371 e. The lowest BCUT2D eigenvalue weighted by molar-refractivity contribution is -0.137. The van der Waals surface area contributed by atoms with Crippen LogP contribution in [0.15, 0.2) is 54.6 Å². The summed E-state index contributed by atoms with van der Waals surface area (Å²) in [5.74, 6) is -0.826. The number of amides is 4. The Hall–Kier alpha value is -4.35. The second-order valence-corrected chi connectivity index (χ2v) is 15.8. The molecule has 2 aliphatic heterocycles. The number of piperazine rings is 1. The second kappa shape index (κ2) is 19.9. The van der Waals surface area contributed by atoms with Crippen molar-refractivity contribution < 1.29 is 37.1 Å². The van der Waals surface area contributed by atoms with E-state index in [9.17, 15) is 37.1 Å². The Morgan fingerprint density at radius 1 is 0.930 bits per heavy atom. The fourth-order valence-electron chi connectivity index (χ4n) is 6.72. The largest absolute Gasteiger partial charge is 0.416 e. The Morgan fingerprint density at radius 2 is 1.63 bits per heavy atom. The first kappa shape index (κ1) is 43.8. The summed E-state index contributed by atoms with van der Waals surface area (Å²) in [6.45, 7) is 7.61. The first-order valence-electron chi connectivity index (χ1n) is 18.4. The van der Waals surface area contributed by atoms with E-state index in [0.717, 1.165) is 82.5 Å². The molecule has 57 heavy (non-hydrogen) atoms. The van der Waals surface area contributed by atoms with Gasteiger partial charge in [-0.3, -0.25) is 29.3 Å². The number of benzene rings is 3. The van der Waals surface area contributed by atoms with Crippen LogP contribution < -0.4 is 20.3 Å². The number of piperidine rings is 1. The quantitative estimate of drug-likeness (QED) is 0.107. The predicted molar refractivity (Wildman–Crippen MR) is 217 cm³/mol. The molecule has 2 heterocycles. The lowest BCUT2D eigenvalue weighted by atomic mass is 9.95. The van der Waals surface area contributed by atoms with Crippen molar-refractivity contribution in [2.24, 2.45) is 5.92 Å². The minimum Gasteiger partial charge on any atom is -0.371 e. The molecule has 4 amide bonds. The molecule has 12 nitrogen and oxygen atoms in total. The summed E-state index contributed by atoms with van der Waals surface area (Å²) >= 11 is 13.6. The number of aldehydes is 1. The van der Waals surface area contributed by atoms with Crippen LogP contribution in [0.2, 0.25) is 10.0 Å². The van der Waals surface area contributed by atoms with Crippen molar-refractivity contribution in [3.63, 3.8) is 0 Å². The molecule has 0 aliphatic carbocycles. The van der Waals surface area contributed by atoms with E-state index in [4.69, 9.17) is 23.2 Å². The van der Waals surface area contributed by atoms with Crippen LogP contribution in [0, 0.1) is 5.92 Å². The van der Waals surface area contributed by atoms with Crippen molar-refractivity contribution in [2.45, 2.75) is 44.8 Å². The summed E-state index contributed by atoms with van der Waals surface area (Å²) in [5.41, 5.74) is 1.28. The molecular formula is C39H44Cl2F3N7O5S. The predicted octanol–water partition coefficient (Wildman–Crippen LogP) is 7.10. The molecule has 2 fully saturated rings. The Morgan fingerprint density at radius 3 is 2.28 bits per heavy atom. The van der Waals surface area contributed by atoms with E-state index >= 15 is 0 Å². The van der Waals surface area contributed by atoms with Crippen molar-refractivity contribution in [1.82, 2.24) is 19.4 Å². The zero-order valence-corrected chi connectivity index (χ0v) is 33.7. The van der Waals surface area contributed by atoms with Gasteiger partial charge in [-0.15, -0.1) is 0 Å². The number of anilines is 3. The van der Waals surface area contributed by atoms with E-state index in [1.165, 1.54) is 23.1 Å². The third-order valence-corrected chi connectivity index (χ3v) is 11.8. The van der Waals surface area contributed by atoms with Crippen LogP contribution in [0.25, 0.3) is 0 Å². The van der Waals surface area contributed by atoms with Gasteiger partial charge >= 0.3 is 6.18 Å². The summed E-state index contributed by atoms with van der Waals surface area (Å²) in [6.07, 6.45) is -1.18. The van der Waals surface area contributed by atoms with E-state index in [1.54, 1.807) is 31.3 Å². The number of nitrogens with zero attached hydrogens (tertiary/aromatic N) is 4. The number of carbonyl (C=O) groups is 5.